The zero-order valence-electron chi connectivity index (χ0n) is 13.3. The summed E-state index contributed by atoms with van der Waals surface area (Å²) in [5.41, 5.74) is 14.0. The van der Waals surface area contributed by atoms with E-state index >= 15 is 0 Å². The Hall–Kier alpha value is -3.61. The third-order valence-electron chi connectivity index (χ3n) is 3.71. The Morgan fingerprint density at radius 2 is 1.92 bits per heavy atom. The molecule has 0 spiro atoms. The monoisotopic (exact) mass is 335 g/mol. The fraction of sp³-hybridized carbons (Fsp3) is 0.0556. The summed E-state index contributed by atoms with van der Waals surface area (Å²) in [5.74, 6) is -0.981. The molecule has 3 aromatic rings. The number of nitrogens with two attached hydrogens (primary N) is 2. The molecule has 3 rings (SSSR count). The van der Waals surface area contributed by atoms with Gasteiger partial charge in [-0.25, -0.2) is 4.98 Å². The molecule has 6 N–H and O–H groups in total. The smallest absolute Gasteiger partial charge is 0.249 e. The maximum Gasteiger partial charge on any atom is 0.249 e. The number of primary amides is 2. The fourth-order valence-corrected chi connectivity index (χ4v) is 2.51. The van der Waals surface area contributed by atoms with Gasteiger partial charge in [-0.3, -0.25) is 9.59 Å². The predicted octanol–water partition coefficient (Wildman–Crippen LogP) is 1.49. The Morgan fingerprint density at radius 3 is 2.60 bits per heavy atom. The maximum atomic E-state index is 11.9. The number of hydrogen-bond acceptors (Lipinski definition) is 4. The Labute approximate surface area is 143 Å². The van der Waals surface area contributed by atoms with Gasteiger partial charge in [0.2, 0.25) is 11.8 Å². The first kappa shape index (κ1) is 16.3. The van der Waals surface area contributed by atoms with Crippen LogP contribution in [-0.4, -0.2) is 28.3 Å². The molecule has 2 amide bonds. The Bertz CT molecular complexity index is 957. The summed E-state index contributed by atoms with van der Waals surface area (Å²) in [5, 5.41) is 3.79. The second-order valence-electron chi connectivity index (χ2n) is 5.46. The van der Waals surface area contributed by atoms with Crippen LogP contribution in [-0.2, 0) is 9.59 Å². The number of amides is 2. The van der Waals surface area contributed by atoms with Crippen LogP contribution in [0.3, 0.4) is 0 Å². The third kappa shape index (κ3) is 3.66. The second kappa shape index (κ2) is 6.88. The quantitative estimate of drug-likeness (QED) is 0.509. The van der Waals surface area contributed by atoms with Crippen molar-refractivity contribution in [2.45, 2.75) is 0 Å². The van der Waals surface area contributed by atoms with E-state index in [0.29, 0.717) is 11.1 Å². The lowest BCUT2D eigenvalue weighted by atomic mass is 10.0. The summed E-state index contributed by atoms with van der Waals surface area (Å²) in [6.45, 7) is 0.0419. The number of nitrogens with one attached hydrogen (secondary N) is 2. The first-order valence-electron chi connectivity index (χ1n) is 7.61. The standard InChI is InChI=1S/C18H17N5O2/c19-16(24)10-22-13-5-3-11(4-6-13)15(17(20)25)8-12-9-23-18-14(12)2-1-7-21-18/h1-9,22H,10H2,(H2,19,24)(H2,20,25)(H,21,23). The highest BCUT2D eigenvalue weighted by Crippen LogP contribution is 2.24. The molecule has 7 heteroatoms. The first-order chi connectivity index (χ1) is 12.0. The van der Waals surface area contributed by atoms with E-state index in [1.54, 1.807) is 42.7 Å². The molecular weight excluding hydrogens is 318 g/mol. The average Bonchev–Trinajstić information content (AvgIpc) is 3.01. The number of rotatable bonds is 6. The summed E-state index contributed by atoms with van der Waals surface area (Å²) in [7, 11) is 0. The normalized spacial score (nSPS) is 11.4. The van der Waals surface area contributed by atoms with E-state index in [4.69, 9.17) is 11.5 Å². The number of fused-ring (bicyclic) bond motifs is 1. The van der Waals surface area contributed by atoms with Crippen molar-refractivity contribution in [3.05, 3.63) is 59.9 Å². The molecular formula is C18H17N5O2. The van der Waals surface area contributed by atoms with E-state index in [9.17, 15) is 9.59 Å². The predicted molar refractivity (Wildman–Crippen MR) is 97.3 cm³/mol. The van der Waals surface area contributed by atoms with Crippen molar-refractivity contribution >= 4 is 40.2 Å². The van der Waals surface area contributed by atoms with Crippen LogP contribution in [0.25, 0.3) is 22.7 Å². The van der Waals surface area contributed by atoms with Crippen molar-refractivity contribution < 1.29 is 9.59 Å². The van der Waals surface area contributed by atoms with Gasteiger partial charge in [0.25, 0.3) is 0 Å². The van der Waals surface area contributed by atoms with Gasteiger partial charge in [0, 0.05) is 34.6 Å². The van der Waals surface area contributed by atoms with Crippen molar-refractivity contribution in [3.8, 4) is 0 Å². The first-order valence-corrected chi connectivity index (χ1v) is 7.61. The molecule has 0 fully saturated rings. The van der Waals surface area contributed by atoms with Gasteiger partial charge in [0.1, 0.15) is 5.65 Å². The van der Waals surface area contributed by atoms with Crippen LogP contribution in [0.4, 0.5) is 5.69 Å². The van der Waals surface area contributed by atoms with E-state index in [1.807, 2.05) is 12.1 Å². The molecule has 0 unspecified atom stereocenters. The SMILES string of the molecule is NC(=O)CNc1ccc(C(=Cc2c[nH]c3ncccc23)C(N)=O)cc1. The van der Waals surface area contributed by atoms with Crippen molar-refractivity contribution in [3.63, 3.8) is 0 Å². The molecule has 0 aliphatic rings. The lowest BCUT2D eigenvalue weighted by Crippen LogP contribution is -2.21. The fourth-order valence-electron chi connectivity index (χ4n) is 2.51. The number of hydrogen-bond donors (Lipinski definition) is 4. The molecule has 2 aromatic heterocycles. The van der Waals surface area contributed by atoms with Crippen molar-refractivity contribution in [2.24, 2.45) is 11.5 Å². The van der Waals surface area contributed by atoms with Gasteiger partial charge in [0.15, 0.2) is 0 Å². The second-order valence-corrected chi connectivity index (χ2v) is 5.46. The maximum absolute atomic E-state index is 11.9. The zero-order chi connectivity index (χ0) is 17.8. The number of H-pyrrole nitrogens is 1. The summed E-state index contributed by atoms with van der Waals surface area (Å²) in [4.78, 5) is 30.0. The lowest BCUT2D eigenvalue weighted by Gasteiger charge is -2.07. The van der Waals surface area contributed by atoms with Gasteiger partial charge in [-0.15, -0.1) is 0 Å². The van der Waals surface area contributed by atoms with E-state index in [0.717, 1.165) is 22.3 Å². The minimum Gasteiger partial charge on any atom is -0.376 e. The van der Waals surface area contributed by atoms with Gasteiger partial charge in [-0.05, 0) is 35.9 Å². The molecule has 126 valence electrons. The molecule has 0 aliphatic carbocycles. The van der Waals surface area contributed by atoms with Gasteiger partial charge >= 0.3 is 0 Å². The molecule has 0 radical (unpaired) electrons. The topological polar surface area (TPSA) is 127 Å². The van der Waals surface area contributed by atoms with Crippen LogP contribution in [0.2, 0.25) is 0 Å². The van der Waals surface area contributed by atoms with E-state index in [-0.39, 0.29) is 6.54 Å². The number of aromatic amines is 1. The summed E-state index contributed by atoms with van der Waals surface area (Å²) < 4.78 is 0. The van der Waals surface area contributed by atoms with Gasteiger partial charge in [-0.1, -0.05) is 12.1 Å². The highest BCUT2D eigenvalue weighted by atomic mass is 16.1. The molecule has 0 saturated carbocycles. The molecule has 7 nitrogen and oxygen atoms in total. The number of pyridine rings is 1. The number of anilines is 1. The Kier molecular flexibility index (Phi) is 4.47. The molecule has 0 bridgehead atoms. The molecule has 2 heterocycles. The molecule has 1 aromatic carbocycles. The Morgan fingerprint density at radius 1 is 1.16 bits per heavy atom. The van der Waals surface area contributed by atoms with Gasteiger partial charge in [0.05, 0.1) is 6.54 Å². The number of carbonyl (C=O) groups is 2. The number of carbonyl (C=O) groups excluding carboxylic acids is 2. The van der Waals surface area contributed by atoms with Crippen molar-refractivity contribution in [2.75, 3.05) is 11.9 Å². The minimum absolute atomic E-state index is 0.0419. The van der Waals surface area contributed by atoms with E-state index < -0.39 is 11.8 Å². The van der Waals surface area contributed by atoms with Gasteiger partial charge in [-0.2, -0.15) is 0 Å². The highest BCUT2D eigenvalue weighted by Gasteiger charge is 2.11. The molecule has 0 atom stereocenters. The van der Waals surface area contributed by atoms with Crippen molar-refractivity contribution in [1.82, 2.24) is 9.97 Å². The Balaban J connectivity index is 1.93. The van der Waals surface area contributed by atoms with Crippen LogP contribution in [0.1, 0.15) is 11.1 Å². The number of nitrogens with zero attached hydrogens (tertiary/aromatic N) is 1. The minimum atomic E-state index is -0.531. The number of benzene rings is 1. The average molecular weight is 335 g/mol. The zero-order valence-corrected chi connectivity index (χ0v) is 13.3. The third-order valence-corrected chi connectivity index (χ3v) is 3.71. The van der Waals surface area contributed by atoms with E-state index in [2.05, 4.69) is 15.3 Å². The van der Waals surface area contributed by atoms with Gasteiger partial charge < -0.3 is 21.8 Å². The molecule has 0 aliphatic heterocycles. The van der Waals surface area contributed by atoms with Crippen LogP contribution >= 0.6 is 0 Å². The summed E-state index contributed by atoms with van der Waals surface area (Å²) >= 11 is 0. The number of aromatic nitrogens is 2. The molecule has 25 heavy (non-hydrogen) atoms. The largest absolute Gasteiger partial charge is 0.376 e. The summed E-state index contributed by atoms with van der Waals surface area (Å²) in [6, 6.07) is 10.8. The lowest BCUT2D eigenvalue weighted by molar-refractivity contribution is -0.116. The van der Waals surface area contributed by atoms with Crippen LogP contribution < -0.4 is 16.8 Å². The van der Waals surface area contributed by atoms with Crippen LogP contribution in [0.15, 0.2) is 48.8 Å². The molecule has 0 saturated heterocycles. The highest BCUT2D eigenvalue weighted by molar-refractivity contribution is 6.24. The van der Waals surface area contributed by atoms with Crippen molar-refractivity contribution in [1.29, 1.82) is 0 Å². The van der Waals surface area contributed by atoms with Crippen LogP contribution in [0, 0.1) is 0 Å². The van der Waals surface area contributed by atoms with E-state index in [1.165, 1.54) is 0 Å². The van der Waals surface area contributed by atoms with Crippen LogP contribution in [0.5, 0.6) is 0 Å². The summed E-state index contributed by atoms with van der Waals surface area (Å²) in [6.07, 6.45) is 5.21.